The average molecular weight is 280 g/mol. The highest BCUT2D eigenvalue weighted by Crippen LogP contribution is 2.48. The zero-order valence-electron chi connectivity index (χ0n) is 10.7. The molecule has 19 heavy (non-hydrogen) atoms. The molecule has 1 aliphatic heterocycles. The molecule has 1 saturated heterocycles. The van der Waals surface area contributed by atoms with Gasteiger partial charge in [0.25, 0.3) is 0 Å². The molecular weight excluding hydrogens is 261 g/mol. The predicted molar refractivity (Wildman–Crippen MR) is 62.6 cm³/mol. The SMILES string of the molecule is O=C(CCOC1CCNCC1)NC1(C(F)(F)F)CC1. The zero-order valence-corrected chi connectivity index (χ0v) is 10.7. The van der Waals surface area contributed by atoms with Crippen molar-refractivity contribution in [2.24, 2.45) is 0 Å². The van der Waals surface area contributed by atoms with Crippen LogP contribution in [0.5, 0.6) is 0 Å². The summed E-state index contributed by atoms with van der Waals surface area (Å²) in [6.07, 6.45) is -2.51. The van der Waals surface area contributed by atoms with E-state index in [4.69, 9.17) is 4.74 Å². The van der Waals surface area contributed by atoms with E-state index in [1.54, 1.807) is 0 Å². The molecule has 7 heteroatoms. The van der Waals surface area contributed by atoms with Crippen molar-refractivity contribution in [3.63, 3.8) is 0 Å². The van der Waals surface area contributed by atoms with Crippen molar-refractivity contribution in [2.75, 3.05) is 19.7 Å². The van der Waals surface area contributed by atoms with E-state index in [1.165, 1.54) is 0 Å². The lowest BCUT2D eigenvalue weighted by molar-refractivity contribution is -0.170. The van der Waals surface area contributed by atoms with Crippen LogP contribution in [0.15, 0.2) is 0 Å². The van der Waals surface area contributed by atoms with Gasteiger partial charge < -0.3 is 15.4 Å². The van der Waals surface area contributed by atoms with E-state index >= 15 is 0 Å². The predicted octanol–water partition coefficient (Wildman–Crippen LogP) is 1.36. The molecule has 0 radical (unpaired) electrons. The lowest BCUT2D eigenvalue weighted by Gasteiger charge is -2.23. The lowest BCUT2D eigenvalue weighted by Crippen LogP contribution is -2.48. The Kier molecular flexibility index (Phi) is 4.35. The van der Waals surface area contributed by atoms with E-state index in [-0.39, 0.29) is 32.0 Å². The Morgan fingerprint density at radius 1 is 1.32 bits per heavy atom. The Labute approximate surface area is 110 Å². The van der Waals surface area contributed by atoms with Gasteiger partial charge in [-0.3, -0.25) is 4.79 Å². The summed E-state index contributed by atoms with van der Waals surface area (Å²) < 4.78 is 43.3. The molecule has 1 saturated carbocycles. The second-order valence-corrected chi connectivity index (χ2v) is 5.20. The molecule has 2 fully saturated rings. The average Bonchev–Trinajstić information content (AvgIpc) is 3.11. The molecule has 2 aliphatic rings. The molecule has 0 aromatic carbocycles. The van der Waals surface area contributed by atoms with Crippen molar-refractivity contribution < 1.29 is 22.7 Å². The molecule has 110 valence electrons. The molecule has 0 spiro atoms. The van der Waals surface area contributed by atoms with Gasteiger partial charge in [-0.05, 0) is 38.8 Å². The van der Waals surface area contributed by atoms with Crippen LogP contribution in [-0.2, 0) is 9.53 Å². The fourth-order valence-corrected chi connectivity index (χ4v) is 2.21. The Bertz CT molecular complexity index is 323. The van der Waals surface area contributed by atoms with Gasteiger partial charge in [-0.25, -0.2) is 0 Å². The van der Waals surface area contributed by atoms with E-state index < -0.39 is 17.6 Å². The summed E-state index contributed by atoms with van der Waals surface area (Å²) in [5.74, 6) is -0.580. The van der Waals surface area contributed by atoms with E-state index in [0.717, 1.165) is 25.9 Å². The minimum atomic E-state index is -4.35. The molecule has 2 rings (SSSR count). The third-order valence-corrected chi connectivity index (χ3v) is 3.64. The number of hydrogen-bond donors (Lipinski definition) is 2. The summed E-state index contributed by atoms with van der Waals surface area (Å²) in [5, 5.41) is 5.27. The molecule has 0 bridgehead atoms. The maximum absolute atomic E-state index is 12.6. The quantitative estimate of drug-likeness (QED) is 0.799. The van der Waals surface area contributed by atoms with Crippen LogP contribution in [-0.4, -0.2) is 43.4 Å². The van der Waals surface area contributed by atoms with Crippen LogP contribution in [0.25, 0.3) is 0 Å². The van der Waals surface area contributed by atoms with Crippen LogP contribution in [0, 0.1) is 0 Å². The number of carbonyl (C=O) groups excluding carboxylic acids is 1. The number of nitrogens with one attached hydrogen (secondary N) is 2. The minimum absolute atomic E-state index is 0.0121. The Balaban J connectivity index is 1.65. The standard InChI is InChI=1S/C12H19F3N2O2/c13-12(14,15)11(4-5-11)17-10(18)3-8-19-9-1-6-16-7-2-9/h9,16H,1-8H2,(H,17,18). The monoisotopic (exact) mass is 280 g/mol. The van der Waals surface area contributed by atoms with Gasteiger partial charge in [-0.2, -0.15) is 13.2 Å². The summed E-state index contributed by atoms with van der Waals surface area (Å²) in [6.45, 7) is 1.95. The first kappa shape index (κ1) is 14.6. The second kappa shape index (κ2) is 5.66. The summed E-state index contributed by atoms with van der Waals surface area (Å²) in [6, 6.07) is 0. The van der Waals surface area contributed by atoms with Gasteiger partial charge in [0, 0.05) is 6.42 Å². The highest BCUT2D eigenvalue weighted by atomic mass is 19.4. The summed E-state index contributed by atoms with van der Waals surface area (Å²) >= 11 is 0. The molecular formula is C12H19F3N2O2. The van der Waals surface area contributed by atoms with Gasteiger partial charge in [-0.15, -0.1) is 0 Å². The molecule has 4 nitrogen and oxygen atoms in total. The number of alkyl halides is 3. The van der Waals surface area contributed by atoms with Crippen LogP contribution in [0.3, 0.4) is 0 Å². The van der Waals surface area contributed by atoms with Gasteiger partial charge in [0.05, 0.1) is 12.7 Å². The number of piperidine rings is 1. The smallest absolute Gasteiger partial charge is 0.378 e. The van der Waals surface area contributed by atoms with Gasteiger partial charge in [0.15, 0.2) is 0 Å². The molecule has 1 heterocycles. The highest BCUT2D eigenvalue weighted by Gasteiger charge is 2.64. The maximum Gasteiger partial charge on any atom is 0.411 e. The van der Waals surface area contributed by atoms with Gasteiger partial charge >= 0.3 is 6.18 Å². The normalized spacial score (nSPS) is 23.1. The van der Waals surface area contributed by atoms with E-state index in [0.29, 0.717) is 0 Å². The molecule has 2 N–H and O–H groups in total. The maximum atomic E-state index is 12.6. The second-order valence-electron chi connectivity index (χ2n) is 5.20. The summed E-state index contributed by atoms with van der Waals surface area (Å²) in [4.78, 5) is 11.5. The molecule has 0 unspecified atom stereocenters. The molecule has 0 atom stereocenters. The number of ether oxygens (including phenoxy) is 1. The van der Waals surface area contributed by atoms with Gasteiger partial charge in [0.1, 0.15) is 5.54 Å². The zero-order chi connectivity index (χ0) is 13.9. The van der Waals surface area contributed by atoms with Crippen molar-refractivity contribution in [1.82, 2.24) is 10.6 Å². The van der Waals surface area contributed by atoms with E-state index in [1.807, 2.05) is 0 Å². The van der Waals surface area contributed by atoms with Crippen molar-refractivity contribution in [1.29, 1.82) is 0 Å². The van der Waals surface area contributed by atoms with Gasteiger partial charge in [0.2, 0.25) is 5.91 Å². The first-order valence-electron chi connectivity index (χ1n) is 6.63. The first-order chi connectivity index (χ1) is 8.93. The highest BCUT2D eigenvalue weighted by molar-refractivity contribution is 5.77. The number of amides is 1. The first-order valence-corrected chi connectivity index (χ1v) is 6.63. The Hall–Kier alpha value is -0.820. The van der Waals surface area contributed by atoms with Gasteiger partial charge in [-0.1, -0.05) is 0 Å². The summed E-state index contributed by atoms with van der Waals surface area (Å²) in [7, 11) is 0. The van der Waals surface area contributed by atoms with Crippen molar-refractivity contribution in [2.45, 2.75) is 49.9 Å². The third kappa shape index (κ3) is 3.82. The number of carbonyl (C=O) groups is 1. The number of rotatable bonds is 5. The van der Waals surface area contributed by atoms with Crippen LogP contribution >= 0.6 is 0 Å². The minimum Gasteiger partial charge on any atom is -0.378 e. The third-order valence-electron chi connectivity index (χ3n) is 3.64. The largest absolute Gasteiger partial charge is 0.411 e. The molecule has 0 aromatic heterocycles. The number of halogens is 3. The van der Waals surface area contributed by atoms with Crippen molar-refractivity contribution in [3.8, 4) is 0 Å². The fourth-order valence-electron chi connectivity index (χ4n) is 2.21. The molecule has 1 amide bonds. The van der Waals surface area contributed by atoms with Crippen LogP contribution in [0.4, 0.5) is 13.2 Å². The Morgan fingerprint density at radius 2 is 1.95 bits per heavy atom. The number of hydrogen-bond acceptors (Lipinski definition) is 3. The molecule has 1 aliphatic carbocycles. The van der Waals surface area contributed by atoms with Crippen LogP contribution in [0.2, 0.25) is 0 Å². The Morgan fingerprint density at radius 3 is 2.47 bits per heavy atom. The van der Waals surface area contributed by atoms with Crippen LogP contribution < -0.4 is 10.6 Å². The van der Waals surface area contributed by atoms with E-state index in [2.05, 4.69) is 10.6 Å². The van der Waals surface area contributed by atoms with Crippen LogP contribution in [0.1, 0.15) is 32.1 Å². The molecule has 0 aromatic rings. The van der Waals surface area contributed by atoms with E-state index in [9.17, 15) is 18.0 Å². The lowest BCUT2D eigenvalue weighted by atomic mass is 10.1. The topological polar surface area (TPSA) is 50.4 Å². The fraction of sp³-hybridized carbons (Fsp3) is 0.917. The summed E-state index contributed by atoms with van der Waals surface area (Å²) in [5.41, 5.74) is -1.96. The van der Waals surface area contributed by atoms with Crippen molar-refractivity contribution >= 4 is 5.91 Å². The van der Waals surface area contributed by atoms with Crippen molar-refractivity contribution in [3.05, 3.63) is 0 Å².